The number of anilines is 1. The monoisotopic (exact) mass is 277 g/mol. The zero-order valence-corrected chi connectivity index (χ0v) is 10.2. The van der Waals surface area contributed by atoms with E-state index in [0.29, 0.717) is 18.6 Å². The van der Waals surface area contributed by atoms with Crippen LogP contribution in [0.3, 0.4) is 0 Å². The molecule has 1 aliphatic carbocycles. The maximum Gasteiger partial charge on any atom is 0.391 e. The molecule has 1 aliphatic rings. The van der Waals surface area contributed by atoms with Gasteiger partial charge in [-0.25, -0.2) is 4.39 Å². The molecular formula is C13H15F4NO. The molecule has 2 rings (SSSR count). The molecule has 2 N–H and O–H groups in total. The Hall–Kier alpha value is -1.46. The van der Waals surface area contributed by atoms with Gasteiger partial charge in [0.1, 0.15) is 11.6 Å². The fourth-order valence-electron chi connectivity index (χ4n) is 2.30. The molecular weight excluding hydrogens is 262 g/mol. The maximum absolute atomic E-state index is 13.0. The van der Waals surface area contributed by atoms with Crippen molar-refractivity contribution in [3.8, 4) is 5.75 Å². The molecule has 1 fully saturated rings. The molecule has 0 aromatic heterocycles. The smallest absolute Gasteiger partial charge is 0.391 e. The maximum atomic E-state index is 13.0. The standard InChI is InChI=1S/C13H15F4NO/c14-11-6-5-10(7-12(11)18)19-9-3-1-8(2-4-9)13(15,16)17/h5-9H,1-4,18H2. The van der Waals surface area contributed by atoms with Crippen LogP contribution in [-0.2, 0) is 0 Å². The first-order valence-electron chi connectivity index (χ1n) is 6.14. The lowest BCUT2D eigenvalue weighted by Crippen LogP contribution is -2.31. The Balaban J connectivity index is 1.90. The minimum atomic E-state index is -4.12. The van der Waals surface area contributed by atoms with Crippen molar-refractivity contribution in [1.82, 2.24) is 0 Å². The van der Waals surface area contributed by atoms with E-state index in [2.05, 4.69) is 0 Å². The molecule has 19 heavy (non-hydrogen) atoms. The van der Waals surface area contributed by atoms with Crippen LogP contribution in [0, 0.1) is 11.7 Å². The first-order chi connectivity index (χ1) is 8.86. The van der Waals surface area contributed by atoms with Gasteiger partial charge < -0.3 is 10.5 Å². The van der Waals surface area contributed by atoms with Crippen molar-refractivity contribution in [1.29, 1.82) is 0 Å². The Bertz CT molecular complexity index is 439. The summed E-state index contributed by atoms with van der Waals surface area (Å²) in [5.74, 6) is -1.37. The number of rotatable bonds is 2. The molecule has 106 valence electrons. The molecule has 0 radical (unpaired) electrons. The van der Waals surface area contributed by atoms with E-state index in [-0.39, 0.29) is 24.6 Å². The molecule has 0 aliphatic heterocycles. The number of hydrogen-bond acceptors (Lipinski definition) is 2. The highest BCUT2D eigenvalue weighted by atomic mass is 19.4. The Morgan fingerprint density at radius 3 is 2.26 bits per heavy atom. The van der Waals surface area contributed by atoms with Gasteiger partial charge in [0.15, 0.2) is 0 Å². The summed E-state index contributed by atoms with van der Waals surface area (Å²) >= 11 is 0. The number of nitrogen functional groups attached to an aromatic ring is 1. The van der Waals surface area contributed by atoms with Gasteiger partial charge in [-0.2, -0.15) is 13.2 Å². The molecule has 6 heteroatoms. The minimum absolute atomic E-state index is 0.0264. The fourth-order valence-corrected chi connectivity index (χ4v) is 2.30. The van der Waals surface area contributed by atoms with Gasteiger partial charge in [0.2, 0.25) is 0 Å². The topological polar surface area (TPSA) is 35.2 Å². The quantitative estimate of drug-likeness (QED) is 0.657. The van der Waals surface area contributed by atoms with Gasteiger partial charge in [-0.1, -0.05) is 0 Å². The lowest BCUT2D eigenvalue weighted by atomic mass is 9.87. The Kier molecular flexibility index (Phi) is 3.87. The third kappa shape index (κ3) is 3.52. The molecule has 0 bridgehead atoms. The molecule has 0 heterocycles. The molecule has 0 unspecified atom stereocenters. The Morgan fingerprint density at radius 2 is 1.74 bits per heavy atom. The Morgan fingerprint density at radius 1 is 1.11 bits per heavy atom. The van der Waals surface area contributed by atoms with Gasteiger partial charge in [0.05, 0.1) is 17.7 Å². The number of nitrogens with two attached hydrogens (primary N) is 1. The van der Waals surface area contributed by atoms with E-state index in [4.69, 9.17) is 10.5 Å². The van der Waals surface area contributed by atoms with E-state index in [1.54, 1.807) is 0 Å². The number of hydrogen-bond donors (Lipinski definition) is 1. The van der Waals surface area contributed by atoms with Crippen molar-refractivity contribution in [2.45, 2.75) is 38.0 Å². The highest BCUT2D eigenvalue weighted by Crippen LogP contribution is 2.38. The van der Waals surface area contributed by atoms with Crippen LogP contribution < -0.4 is 10.5 Å². The summed E-state index contributed by atoms with van der Waals surface area (Å²) in [6.07, 6.45) is -3.53. The lowest BCUT2D eigenvalue weighted by molar-refractivity contribution is -0.185. The van der Waals surface area contributed by atoms with Crippen LogP contribution in [0.5, 0.6) is 5.75 Å². The van der Waals surface area contributed by atoms with Gasteiger partial charge >= 0.3 is 6.18 Å². The average molecular weight is 277 g/mol. The number of halogens is 4. The summed E-state index contributed by atoms with van der Waals surface area (Å²) in [5.41, 5.74) is 5.37. The van der Waals surface area contributed by atoms with Crippen LogP contribution in [0.4, 0.5) is 23.2 Å². The van der Waals surface area contributed by atoms with Crippen LogP contribution in [0.25, 0.3) is 0 Å². The summed E-state index contributed by atoms with van der Waals surface area (Å²) in [7, 11) is 0. The van der Waals surface area contributed by atoms with Crippen molar-refractivity contribution in [2.24, 2.45) is 5.92 Å². The van der Waals surface area contributed by atoms with Gasteiger partial charge in [0.25, 0.3) is 0 Å². The second-order valence-corrected chi connectivity index (χ2v) is 4.82. The predicted octanol–water partition coefficient (Wildman–Crippen LogP) is 3.91. The van der Waals surface area contributed by atoms with Crippen molar-refractivity contribution in [3.63, 3.8) is 0 Å². The third-order valence-corrected chi connectivity index (χ3v) is 3.41. The van der Waals surface area contributed by atoms with Gasteiger partial charge in [-0.05, 0) is 37.8 Å². The largest absolute Gasteiger partial charge is 0.490 e. The van der Waals surface area contributed by atoms with Crippen LogP contribution in [0.1, 0.15) is 25.7 Å². The first-order valence-corrected chi connectivity index (χ1v) is 6.14. The molecule has 0 atom stereocenters. The summed E-state index contributed by atoms with van der Waals surface area (Å²) in [4.78, 5) is 0. The zero-order chi connectivity index (χ0) is 14.0. The third-order valence-electron chi connectivity index (χ3n) is 3.41. The lowest BCUT2D eigenvalue weighted by Gasteiger charge is -2.30. The molecule has 0 spiro atoms. The van der Waals surface area contributed by atoms with E-state index >= 15 is 0 Å². The van der Waals surface area contributed by atoms with Crippen LogP contribution >= 0.6 is 0 Å². The van der Waals surface area contributed by atoms with Crippen molar-refractivity contribution in [2.75, 3.05) is 5.73 Å². The Labute approximate surface area is 108 Å². The normalized spacial score (nSPS) is 24.2. The second kappa shape index (κ2) is 5.27. The van der Waals surface area contributed by atoms with E-state index in [0.717, 1.165) is 0 Å². The van der Waals surface area contributed by atoms with E-state index in [9.17, 15) is 17.6 Å². The van der Waals surface area contributed by atoms with Gasteiger partial charge in [-0.3, -0.25) is 0 Å². The molecule has 0 saturated heterocycles. The van der Waals surface area contributed by atoms with E-state index < -0.39 is 17.9 Å². The minimum Gasteiger partial charge on any atom is -0.490 e. The number of alkyl halides is 3. The average Bonchev–Trinajstić information content (AvgIpc) is 2.33. The molecule has 1 aromatic carbocycles. The van der Waals surface area contributed by atoms with Crippen molar-refractivity contribution < 1.29 is 22.3 Å². The molecule has 2 nitrogen and oxygen atoms in total. The summed E-state index contributed by atoms with van der Waals surface area (Å²) in [6, 6.07) is 3.97. The summed E-state index contributed by atoms with van der Waals surface area (Å²) < 4.78 is 56.0. The second-order valence-electron chi connectivity index (χ2n) is 4.82. The molecule has 1 aromatic rings. The van der Waals surface area contributed by atoms with E-state index in [1.807, 2.05) is 0 Å². The molecule has 0 amide bonds. The predicted molar refractivity (Wildman–Crippen MR) is 63.2 cm³/mol. The highest BCUT2D eigenvalue weighted by molar-refractivity contribution is 5.45. The SMILES string of the molecule is Nc1cc(OC2CCC(C(F)(F)F)CC2)ccc1F. The summed E-state index contributed by atoms with van der Waals surface area (Å²) in [6.45, 7) is 0. The van der Waals surface area contributed by atoms with Crippen molar-refractivity contribution in [3.05, 3.63) is 24.0 Å². The summed E-state index contributed by atoms with van der Waals surface area (Å²) in [5, 5.41) is 0. The van der Waals surface area contributed by atoms with Crippen molar-refractivity contribution >= 4 is 5.69 Å². The molecule has 1 saturated carbocycles. The highest BCUT2D eigenvalue weighted by Gasteiger charge is 2.41. The van der Waals surface area contributed by atoms with E-state index in [1.165, 1.54) is 18.2 Å². The zero-order valence-electron chi connectivity index (χ0n) is 10.2. The van der Waals surface area contributed by atoms with Gasteiger partial charge in [-0.15, -0.1) is 0 Å². The first kappa shape index (κ1) is 14.0. The number of benzene rings is 1. The fraction of sp³-hybridized carbons (Fsp3) is 0.538. The van der Waals surface area contributed by atoms with Crippen LogP contribution in [0.15, 0.2) is 18.2 Å². The van der Waals surface area contributed by atoms with Crippen LogP contribution in [0.2, 0.25) is 0 Å². The van der Waals surface area contributed by atoms with Gasteiger partial charge in [0, 0.05) is 6.07 Å². The van der Waals surface area contributed by atoms with Crippen LogP contribution in [-0.4, -0.2) is 12.3 Å². The number of ether oxygens (including phenoxy) is 1.